The summed E-state index contributed by atoms with van der Waals surface area (Å²) in [6, 6.07) is 10.9. The van der Waals surface area contributed by atoms with Crippen LogP contribution in [0, 0.1) is 10.1 Å². The van der Waals surface area contributed by atoms with Crippen LogP contribution >= 0.6 is 0 Å². The predicted octanol–water partition coefficient (Wildman–Crippen LogP) is 2.93. The van der Waals surface area contributed by atoms with Gasteiger partial charge in [0.15, 0.2) is 0 Å². The predicted molar refractivity (Wildman–Crippen MR) is 104 cm³/mol. The van der Waals surface area contributed by atoms with Crippen LogP contribution in [0.3, 0.4) is 0 Å². The summed E-state index contributed by atoms with van der Waals surface area (Å²) in [7, 11) is 1.57. The van der Waals surface area contributed by atoms with Crippen molar-refractivity contribution in [2.45, 2.75) is 13.3 Å². The van der Waals surface area contributed by atoms with E-state index in [1.165, 1.54) is 35.8 Å². The van der Waals surface area contributed by atoms with Gasteiger partial charge in [0.1, 0.15) is 5.75 Å². The van der Waals surface area contributed by atoms with Crippen molar-refractivity contribution in [1.29, 1.82) is 0 Å². The highest BCUT2D eigenvalue weighted by Gasteiger charge is 2.17. The number of aromatic nitrogens is 1. The number of nitrogens with one attached hydrogen (secondary N) is 1. The van der Waals surface area contributed by atoms with E-state index in [4.69, 9.17) is 4.74 Å². The van der Waals surface area contributed by atoms with Crippen LogP contribution < -0.4 is 10.1 Å². The van der Waals surface area contributed by atoms with Crippen LogP contribution in [-0.4, -0.2) is 35.0 Å². The molecular weight excluding hydrogens is 362 g/mol. The Balaban J connectivity index is 2.00. The van der Waals surface area contributed by atoms with Crippen molar-refractivity contribution < 1.29 is 19.2 Å². The largest absolute Gasteiger partial charge is 0.497 e. The van der Waals surface area contributed by atoms with Crippen molar-refractivity contribution in [2.75, 3.05) is 13.7 Å². The fourth-order valence-corrected chi connectivity index (χ4v) is 3.01. The number of nitro benzene ring substituents is 1. The first-order valence-electron chi connectivity index (χ1n) is 8.62. The van der Waals surface area contributed by atoms with E-state index in [1.807, 2.05) is 6.07 Å². The van der Waals surface area contributed by atoms with Gasteiger partial charge in [0.05, 0.1) is 17.5 Å². The Morgan fingerprint density at radius 1 is 1.18 bits per heavy atom. The molecule has 0 radical (unpaired) electrons. The summed E-state index contributed by atoms with van der Waals surface area (Å²) in [6.45, 7) is 1.89. The van der Waals surface area contributed by atoms with Gasteiger partial charge in [-0.15, -0.1) is 0 Å². The molecule has 8 nitrogen and oxygen atoms in total. The van der Waals surface area contributed by atoms with E-state index in [0.717, 1.165) is 10.9 Å². The molecule has 28 heavy (non-hydrogen) atoms. The second kappa shape index (κ2) is 7.91. The Hall–Kier alpha value is -3.68. The van der Waals surface area contributed by atoms with Gasteiger partial charge in [0, 0.05) is 42.7 Å². The van der Waals surface area contributed by atoms with E-state index in [9.17, 15) is 19.7 Å². The van der Waals surface area contributed by atoms with Crippen LogP contribution in [0.15, 0.2) is 48.7 Å². The van der Waals surface area contributed by atoms with Crippen LogP contribution in [0.4, 0.5) is 5.69 Å². The molecule has 0 bridgehead atoms. The maximum Gasteiger partial charge on any atom is 0.269 e. The van der Waals surface area contributed by atoms with Gasteiger partial charge in [0.25, 0.3) is 11.6 Å². The first-order valence-corrected chi connectivity index (χ1v) is 8.62. The average Bonchev–Trinajstić information content (AvgIpc) is 3.05. The van der Waals surface area contributed by atoms with Gasteiger partial charge in [-0.3, -0.25) is 24.3 Å². The van der Waals surface area contributed by atoms with Gasteiger partial charge in [-0.05, 0) is 42.3 Å². The highest BCUT2D eigenvalue weighted by molar-refractivity contribution is 6.03. The minimum atomic E-state index is -0.508. The molecule has 3 aromatic rings. The molecule has 0 fully saturated rings. The Labute approximate surface area is 160 Å². The van der Waals surface area contributed by atoms with Crippen LogP contribution in [0.2, 0.25) is 0 Å². The van der Waals surface area contributed by atoms with E-state index in [0.29, 0.717) is 29.8 Å². The first kappa shape index (κ1) is 19.1. The van der Waals surface area contributed by atoms with Gasteiger partial charge >= 0.3 is 0 Å². The second-order valence-corrected chi connectivity index (χ2v) is 6.25. The number of hydrogen-bond acceptors (Lipinski definition) is 5. The van der Waals surface area contributed by atoms with E-state index in [2.05, 4.69) is 5.32 Å². The molecule has 2 aromatic carbocycles. The summed E-state index contributed by atoms with van der Waals surface area (Å²) in [5, 5.41) is 14.4. The van der Waals surface area contributed by atoms with Crippen molar-refractivity contribution in [2.24, 2.45) is 0 Å². The SMILES string of the molecule is COc1ccc2c(c1)c(CCNC(C)=O)cn2C(=O)c1ccc([N+](=O)[O-])cc1. The van der Waals surface area contributed by atoms with Gasteiger partial charge < -0.3 is 10.1 Å². The van der Waals surface area contributed by atoms with Crippen LogP contribution in [-0.2, 0) is 11.2 Å². The number of ether oxygens (including phenoxy) is 1. The second-order valence-electron chi connectivity index (χ2n) is 6.25. The third-order valence-electron chi connectivity index (χ3n) is 4.41. The fourth-order valence-electron chi connectivity index (χ4n) is 3.01. The first-order chi connectivity index (χ1) is 13.4. The summed E-state index contributed by atoms with van der Waals surface area (Å²) in [5.41, 5.74) is 1.85. The minimum absolute atomic E-state index is 0.0744. The van der Waals surface area contributed by atoms with E-state index in [-0.39, 0.29) is 17.5 Å². The number of rotatable bonds is 6. The van der Waals surface area contributed by atoms with Crippen molar-refractivity contribution >= 4 is 28.4 Å². The maximum absolute atomic E-state index is 13.0. The molecule has 144 valence electrons. The highest BCUT2D eigenvalue weighted by Crippen LogP contribution is 2.27. The molecule has 0 spiro atoms. The van der Waals surface area contributed by atoms with Crippen molar-refractivity contribution in [1.82, 2.24) is 9.88 Å². The van der Waals surface area contributed by atoms with E-state index < -0.39 is 4.92 Å². The zero-order chi connectivity index (χ0) is 20.3. The number of methoxy groups -OCH3 is 1. The monoisotopic (exact) mass is 381 g/mol. The summed E-state index contributed by atoms with van der Waals surface area (Å²) in [6.07, 6.45) is 2.28. The molecule has 3 rings (SSSR count). The van der Waals surface area contributed by atoms with E-state index >= 15 is 0 Å². The zero-order valence-corrected chi connectivity index (χ0v) is 15.5. The lowest BCUT2D eigenvalue weighted by Crippen LogP contribution is -2.22. The molecular formula is C20H19N3O5. The number of nitrogens with zero attached hydrogens (tertiary/aromatic N) is 2. The number of benzene rings is 2. The summed E-state index contributed by atoms with van der Waals surface area (Å²) < 4.78 is 6.80. The number of non-ortho nitro benzene ring substituents is 1. The van der Waals surface area contributed by atoms with Gasteiger partial charge in [-0.25, -0.2) is 0 Å². The van der Waals surface area contributed by atoms with E-state index in [1.54, 1.807) is 25.4 Å². The van der Waals surface area contributed by atoms with Gasteiger partial charge in [-0.2, -0.15) is 0 Å². The molecule has 0 aliphatic rings. The average molecular weight is 381 g/mol. The highest BCUT2D eigenvalue weighted by atomic mass is 16.6. The normalized spacial score (nSPS) is 10.6. The Bertz CT molecular complexity index is 1050. The zero-order valence-electron chi connectivity index (χ0n) is 15.5. The van der Waals surface area contributed by atoms with Crippen LogP contribution in [0.1, 0.15) is 22.8 Å². The van der Waals surface area contributed by atoms with Gasteiger partial charge in [-0.1, -0.05) is 0 Å². The Kier molecular flexibility index (Phi) is 5.39. The molecule has 1 aromatic heterocycles. The van der Waals surface area contributed by atoms with Crippen molar-refractivity contribution in [3.05, 3.63) is 69.9 Å². The molecule has 0 atom stereocenters. The summed E-state index contributed by atoms with van der Waals surface area (Å²) in [5.74, 6) is 0.243. The van der Waals surface area contributed by atoms with Gasteiger partial charge in [0.2, 0.25) is 5.91 Å². The number of hydrogen-bond donors (Lipinski definition) is 1. The molecule has 0 aliphatic heterocycles. The summed E-state index contributed by atoms with van der Waals surface area (Å²) in [4.78, 5) is 34.4. The van der Waals surface area contributed by atoms with Crippen LogP contribution in [0.5, 0.6) is 5.75 Å². The third kappa shape index (κ3) is 3.85. The lowest BCUT2D eigenvalue weighted by atomic mass is 10.1. The fraction of sp³-hybridized carbons (Fsp3) is 0.200. The van der Waals surface area contributed by atoms with Crippen molar-refractivity contribution in [3.63, 3.8) is 0 Å². The lowest BCUT2D eigenvalue weighted by molar-refractivity contribution is -0.384. The Morgan fingerprint density at radius 2 is 1.89 bits per heavy atom. The quantitative estimate of drug-likeness (QED) is 0.522. The molecule has 1 heterocycles. The lowest BCUT2D eigenvalue weighted by Gasteiger charge is -2.05. The molecule has 0 unspecified atom stereocenters. The number of nitro groups is 1. The van der Waals surface area contributed by atoms with Crippen LogP contribution in [0.25, 0.3) is 10.9 Å². The topological polar surface area (TPSA) is 103 Å². The molecule has 0 saturated carbocycles. The molecule has 1 N–H and O–H groups in total. The smallest absolute Gasteiger partial charge is 0.269 e. The number of carbonyl (C=O) groups excluding carboxylic acids is 2. The number of fused-ring (bicyclic) bond motifs is 1. The number of amides is 1. The summed E-state index contributed by atoms with van der Waals surface area (Å²) >= 11 is 0. The maximum atomic E-state index is 13.0. The molecule has 0 aliphatic carbocycles. The number of carbonyl (C=O) groups is 2. The Morgan fingerprint density at radius 3 is 2.50 bits per heavy atom. The minimum Gasteiger partial charge on any atom is -0.497 e. The van der Waals surface area contributed by atoms with Crippen molar-refractivity contribution in [3.8, 4) is 5.75 Å². The molecule has 8 heteroatoms. The standard InChI is InChI=1S/C20H19N3O5/c1-13(24)21-10-9-15-12-22(19-8-7-17(28-2)11-18(15)19)20(25)14-3-5-16(6-4-14)23(26)27/h3-8,11-12H,9-10H2,1-2H3,(H,21,24). The molecule has 1 amide bonds. The third-order valence-corrected chi connectivity index (χ3v) is 4.41. The molecule has 0 saturated heterocycles.